The Morgan fingerprint density at radius 3 is 2.52 bits per heavy atom. The molecule has 21 heavy (non-hydrogen) atoms. The van der Waals surface area contributed by atoms with Crippen molar-refractivity contribution in [2.24, 2.45) is 0 Å². The molecule has 0 saturated carbocycles. The maximum atomic E-state index is 12.2. The highest BCUT2D eigenvalue weighted by atomic mass is 16.4. The number of rotatable bonds is 7. The highest BCUT2D eigenvalue weighted by Crippen LogP contribution is 2.25. The molecule has 0 unspecified atom stereocenters. The lowest BCUT2D eigenvalue weighted by Gasteiger charge is -2.15. The van der Waals surface area contributed by atoms with Gasteiger partial charge in [-0.3, -0.25) is 4.79 Å². The van der Waals surface area contributed by atoms with Crippen molar-refractivity contribution in [1.82, 2.24) is 4.90 Å². The maximum Gasteiger partial charge on any atom is 0.335 e. The van der Waals surface area contributed by atoms with E-state index in [-0.39, 0.29) is 5.91 Å². The molecule has 0 spiro atoms. The molecular formula is C17H23NO3. The second-order valence-electron chi connectivity index (χ2n) is 5.70. The number of aromatic carboxylic acids is 1. The first-order valence-electron chi connectivity index (χ1n) is 7.74. The van der Waals surface area contributed by atoms with E-state index < -0.39 is 5.97 Å². The number of carbonyl (C=O) groups excluding carboxylic acids is 1. The van der Waals surface area contributed by atoms with Crippen molar-refractivity contribution in [3.8, 4) is 0 Å². The second kappa shape index (κ2) is 7.25. The summed E-state index contributed by atoms with van der Waals surface area (Å²) in [6.45, 7) is 3.34. The molecule has 0 bridgehead atoms. The van der Waals surface area contributed by atoms with Crippen LogP contribution in [0, 0.1) is 0 Å². The normalized spacial score (nSPS) is 13.3. The monoisotopic (exact) mass is 289 g/mol. The Hall–Kier alpha value is -1.84. The Balaban J connectivity index is 1.84. The molecule has 1 heterocycles. The third-order valence-electron chi connectivity index (χ3n) is 4.02. The van der Waals surface area contributed by atoms with Crippen molar-refractivity contribution in [2.45, 2.75) is 58.5 Å². The highest BCUT2D eigenvalue weighted by Gasteiger charge is 2.23. The minimum atomic E-state index is -0.918. The van der Waals surface area contributed by atoms with E-state index in [1.54, 1.807) is 12.1 Å². The number of fused-ring (bicyclic) bond motifs is 1. The molecule has 1 aliphatic heterocycles. The maximum absolute atomic E-state index is 12.2. The quantitative estimate of drug-likeness (QED) is 0.780. The van der Waals surface area contributed by atoms with E-state index in [9.17, 15) is 9.59 Å². The Labute approximate surface area is 125 Å². The van der Waals surface area contributed by atoms with Crippen LogP contribution in [0.1, 0.15) is 66.9 Å². The smallest absolute Gasteiger partial charge is 0.335 e. The number of nitrogens with zero attached hydrogens (tertiary/aromatic N) is 1. The molecule has 4 heteroatoms. The van der Waals surface area contributed by atoms with Crippen LogP contribution in [-0.2, 0) is 17.9 Å². The van der Waals surface area contributed by atoms with Gasteiger partial charge < -0.3 is 10.0 Å². The van der Waals surface area contributed by atoms with Gasteiger partial charge in [0.25, 0.3) is 0 Å². The van der Waals surface area contributed by atoms with Crippen LogP contribution in [0.4, 0.5) is 0 Å². The predicted octanol–water partition coefficient (Wildman–Crippen LogP) is 3.59. The molecule has 4 nitrogen and oxygen atoms in total. The summed E-state index contributed by atoms with van der Waals surface area (Å²) in [7, 11) is 0. The lowest BCUT2D eigenvalue weighted by Crippen LogP contribution is -2.24. The van der Waals surface area contributed by atoms with Gasteiger partial charge in [-0.15, -0.1) is 0 Å². The van der Waals surface area contributed by atoms with Crippen molar-refractivity contribution in [1.29, 1.82) is 0 Å². The number of hydrogen-bond acceptors (Lipinski definition) is 2. The van der Waals surface area contributed by atoms with Crippen LogP contribution in [0.15, 0.2) is 18.2 Å². The molecule has 2 rings (SSSR count). The van der Waals surface area contributed by atoms with Crippen LogP contribution >= 0.6 is 0 Å². The van der Waals surface area contributed by atoms with Crippen molar-refractivity contribution in [2.75, 3.05) is 0 Å². The van der Waals surface area contributed by atoms with E-state index in [2.05, 4.69) is 6.92 Å². The summed E-state index contributed by atoms with van der Waals surface area (Å²) >= 11 is 0. The minimum absolute atomic E-state index is 0.180. The van der Waals surface area contributed by atoms with E-state index in [0.717, 1.165) is 24.0 Å². The predicted molar refractivity (Wildman–Crippen MR) is 81.0 cm³/mol. The topological polar surface area (TPSA) is 57.6 Å². The number of carboxylic acids is 1. The average molecular weight is 289 g/mol. The van der Waals surface area contributed by atoms with Crippen molar-refractivity contribution < 1.29 is 14.7 Å². The van der Waals surface area contributed by atoms with Crippen LogP contribution in [0.25, 0.3) is 0 Å². The Kier molecular flexibility index (Phi) is 5.37. The third-order valence-corrected chi connectivity index (χ3v) is 4.02. The molecule has 0 aliphatic carbocycles. The summed E-state index contributed by atoms with van der Waals surface area (Å²) in [6.07, 6.45) is 6.31. The van der Waals surface area contributed by atoms with Crippen LogP contribution < -0.4 is 0 Å². The fourth-order valence-corrected chi connectivity index (χ4v) is 2.74. The van der Waals surface area contributed by atoms with Gasteiger partial charge in [0.05, 0.1) is 5.56 Å². The highest BCUT2D eigenvalue weighted by molar-refractivity contribution is 5.88. The van der Waals surface area contributed by atoms with Crippen molar-refractivity contribution in [3.05, 3.63) is 34.9 Å². The molecule has 1 aliphatic rings. The van der Waals surface area contributed by atoms with E-state index >= 15 is 0 Å². The van der Waals surface area contributed by atoms with E-state index in [4.69, 9.17) is 5.11 Å². The van der Waals surface area contributed by atoms with E-state index in [1.807, 2.05) is 11.0 Å². The van der Waals surface area contributed by atoms with Gasteiger partial charge in [-0.05, 0) is 29.7 Å². The molecule has 1 N–H and O–H groups in total. The molecule has 0 fully saturated rings. The average Bonchev–Trinajstić information content (AvgIpc) is 2.89. The number of benzene rings is 1. The number of hydrogen-bond donors (Lipinski definition) is 1. The Bertz CT molecular complexity index is 525. The van der Waals surface area contributed by atoms with Crippen LogP contribution in [0.3, 0.4) is 0 Å². The lowest BCUT2D eigenvalue weighted by atomic mass is 10.1. The van der Waals surface area contributed by atoms with Crippen molar-refractivity contribution in [3.63, 3.8) is 0 Å². The zero-order chi connectivity index (χ0) is 15.2. The van der Waals surface area contributed by atoms with E-state index in [1.165, 1.54) is 19.3 Å². The summed E-state index contributed by atoms with van der Waals surface area (Å²) < 4.78 is 0. The molecule has 1 aromatic rings. The molecule has 0 radical (unpaired) electrons. The van der Waals surface area contributed by atoms with Crippen LogP contribution in [-0.4, -0.2) is 21.9 Å². The fourth-order valence-electron chi connectivity index (χ4n) is 2.74. The first-order chi connectivity index (χ1) is 10.1. The molecular weight excluding hydrogens is 266 g/mol. The number of amides is 1. The van der Waals surface area contributed by atoms with Gasteiger partial charge in [-0.1, -0.05) is 38.7 Å². The SMILES string of the molecule is CCCCCCCC(=O)N1Cc2ccc(C(=O)O)cc2C1. The van der Waals surface area contributed by atoms with Gasteiger partial charge in [0, 0.05) is 19.5 Å². The van der Waals surface area contributed by atoms with Gasteiger partial charge in [0.2, 0.25) is 5.91 Å². The minimum Gasteiger partial charge on any atom is -0.478 e. The second-order valence-corrected chi connectivity index (χ2v) is 5.70. The number of carboxylic acid groups (broad SMARTS) is 1. The Morgan fingerprint density at radius 2 is 1.81 bits per heavy atom. The summed E-state index contributed by atoms with van der Waals surface area (Å²) in [5, 5.41) is 9.00. The van der Waals surface area contributed by atoms with Crippen molar-refractivity contribution >= 4 is 11.9 Å². The molecule has 0 aromatic heterocycles. The largest absolute Gasteiger partial charge is 0.478 e. The van der Waals surface area contributed by atoms with Gasteiger partial charge in [0.1, 0.15) is 0 Å². The molecule has 1 amide bonds. The van der Waals surface area contributed by atoms with Gasteiger partial charge in [-0.25, -0.2) is 4.79 Å². The lowest BCUT2D eigenvalue weighted by molar-refractivity contribution is -0.131. The molecule has 0 saturated heterocycles. The standard InChI is InChI=1S/C17H23NO3/c1-2-3-4-5-6-7-16(19)18-11-14-9-8-13(17(20)21)10-15(14)12-18/h8-10H,2-7,11-12H2,1H3,(H,20,21). The van der Waals surface area contributed by atoms with Gasteiger partial charge in [-0.2, -0.15) is 0 Å². The first kappa shape index (κ1) is 15.5. The van der Waals surface area contributed by atoms with Gasteiger partial charge in [0.15, 0.2) is 0 Å². The van der Waals surface area contributed by atoms with Crippen LogP contribution in [0.2, 0.25) is 0 Å². The number of unbranched alkanes of at least 4 members (excludes halogenated alkanes) is 4. The van der Waals surface area contributed by atoms with Gasteiger partial charge >= 0.3 is 5.97 Å². The molecule has 0 atom stereocenters. The first-order valence-corrected chi connectivity index (χ1v) is 7.74. The van der Waals surface area contributed by atoms with E-state index in [0.29, 0.717) is 25.1 Å². The zero-order valence-corrected chi connectivity index (χ0v) is 12.6. The zero-order valence-electron chi connectivity index (χ0n) is 12.6. The number of carbonyl (C=O) groups is 2. The summed E-state index contributed by atoms with van der Waals surface area (Å²) in [6, 6.07) is 5.12. The van der Waals surface area contributed by atoms with Crippen LogP contribution in [0.5, 0.6) is 0 Å². The summed E-state index contributed by atoms with van der Waals surface area (Å²) in [5.41, 5.74) is 2.33. The third kappa shape index (κ3) is 4.06. The summed E-state index contributed by atoms with van der Waals surface area (Å²) in [5.74, 6) is -0.738. The molecule has 114 valence electrons. The summed E-state index contributed by atoms with van der Waals surface area (Å²) in [4.78, 5) is 25.0. The Morgan fingerprint density at radius 1 is 1.10 bits per heavy atom. The fraction of sp³-hybridized carbons (Fsp3) is 0.529. The molecule has 1 aromatic carbocycles.